The number of anilines is 1. The zero-order valence-corrected chi connectivity index (χ0v) is 12.2. The first-order valence-corrected chi connectivity index (χ1v) is 7.22. The number of allylic oxidation sites excluding steroid dienone is 2. The lowest BCUT2D eigenvalue weighted by Crippen LogP contribution is -2.46. The average molecular weight is 268 g/mol. The van der Waals surface area contributed by atoms with E-state index in [2.05, 4.69) is 59.9 Å². The molecule has 0 aliphatic carbocycles. The number of nitrogens with zero attached hydrogens (tertiary/aromatic N) is 2. The van der Waals surface area contributed by atoms with Gasteiger partial charge in [0.2, 0.25) is 0 Å². The fourth-order valence-corrected chi connectivity index (χ4v) is 2.47. The summed E-state index contributed by atoms with van der Waals surface area (Å²) < 4.78 is 0. The summed E-state index contributed by atoms with van der Waals surface area (Å²) in [5.74, 6) is 0. The molecule has 0 aromatic heterocycles. The third-order valence-corrected chi connectivity index (χ3v) is 3.92. The highest BCUT2D eigenvalue weighted by molar-refractivity contribution is 5.46. The van der Waals surface area contributed by atoms with Gasteiger partial charge >= 0.3 is 0 Å². The summed E-state index contributed by atoms with van der Waals surface area (Å²) in [6.07, 6.45) is 2.77. The smallest absolute Gasteiger partial charge is 0.0367 e. The Balaban J connectivity index is 1.76. The molecule has 1 aromatic carbocycles. The van der Waals surface area contributed by atoms with Crippen LogP contribution in [-0.2, 0) is 0 Å². The monoisotopic (exact) mass is 268 g/mol. The molecule has 2 rings (SSSR count). The molecule has 0 unspecified atom stereocenters. The van der Waals surface area contributed by atoms with E-state index in [0.29, 0.717) is 0 Å². The molecule has 0 atom stereocenters. The lowest BCUT2D eigenvalue weighted by molar-refractivity contribution is 0.261. The number of para-hydroxylation sites is 1. The van der Waals surface area contributed by atoms with Crippen LogP contribution in [0.3, 0.4) is 0 Å². The van der Waals surface area contributed by atoms with Gasteiger partial charge in [-0.3, -0.25) is 4.90 Å². The Kier molecular flexibility index (Phi) is 5.19. The lowest BCUT2D eigenvalue weighted by Gasteiger charge is -2.36. The molecule has 106 valence electrons. The van der Waals surface area contributed by atoms with Gasteiger partial charge in [-0.05, 0) is 29.7 Å². The first-order valence-electron chi connectivity index (χ1n) is 7.22. The number of piperazine rings is 1. The molecule has 1 aromatic rings. The predicted octanol–water partition coefficient (Wildman–Crippen LogP) is 3.50. The molecule has 0 saturated carbocycles. The molecule has 20 heavy (non-hydrogen) atoms. The zero-order chi connectivity index (χ0) is 14.4. The molecule has 1 heterocycles. The Hall–Kier alpha value is -1.80. The van der Waals surface area contributed by atoms with Crippen molar-refractivity contribution in [1.82, 2.24) is 4.90 Å². The molecule has 1 aliphatic heterocycles. The van der Waals surface area contributed by atoms with Crippen LogP contribution in [0.1, 0.15) is 6.42 Å². The van der Waals surface area contributed by atoms with E-state index in [9.17, 15) is 0 Å². The van der Waals surface area contributed by atoms with Gasteiger partial charge < -0.3 is 4.90 Å². The van der Waals surface area contributed by atoms with Crippen LogP contribution >= 0.6 is 0 Å². The van der Waals surface area contributed by atoms with Crippen LogP contribution in [0.5, 0.6) is 0 Å². The van der Waals surface area contributed by atoms with Crippen LogP contribution in [0, 0.1) is 0 Å². The van der Waals surface area contributed by atoms with Gasteiger partial charge in [-0.15, -0.1) is 0 Å². The Labute approximate surface area is 122 Å². The molecule has 2 nitrogen and oxygen atoms in total. The number of hydrogen-bond acceptors (Lipinski definition) is 2. The van der Waals surface area contributed by atoms with Crippen LogP contribution in [0.15, 0.2) is 67.3 Å². The third-order valence-electron chi connectivity index (χ3n) is 3.92. The summed E-state index contributed by atoms with van der Waals surface area (Å²) >= 11 is 0. The van der Waals surface area contributed by atoms with Gasteiger partial charge in [0.25, 0.3) is 0 Å². The standard InChI is InChI=1S/C18H24N2/c1-4-16(2)17(3)10-11-19-12-14-20(15-13-19)18-8-6-5-7-9-18/h4-9H,1-3,10-15H2. The number of benzene rings is 1. The van der Waals surface area contributed by atoms with Gasteiger partial charge in [0.15, 0.2) is 0 Å². The lowest BCUT2D eigenvalue weighted by atomic mass is 10.1. The maximum atomic E-state index is 4.06. The highest BCUT2D eigenvalue weighted by atomic mass is 15.3. The molecule has 0 amide bonds. The van der Waals surface area contributed by atoms with E-state index in [0.717, 1.165) is 50.3 Å². The summed E-state index contributed by atoms with van der Waals surface area (Å²) in [6, 6.07) is 10.6. The normalized spacial score (nSPS) is 15.9. The second kappa shape index (κ2) is 7.11. The van der Waals surface area contributed by atoms with Crippen LogP contribution in [-0.4, -0.2) is 37.6 Å². The SMILES string of the molecule is C=CC(=C)C(=C)CCN1CCN(c2ccccc2)CC1. The first-order chi connectivity index (χ1) is 9.70. The van der Waals surface area contributed by atoms with Gasteiger partial charge in [-0.1, -0.05) is 44.0 Å². The largest absolute Gasteiger partial charge is 0.369 e. The van der Waals surface area contributed by atoms with Gasteiger partial charge in [-0.2, -0.15) is 0 Å². The first kappa shape index (κ1) is 14.6. The molecular weight excluding hydrogens is 244 g/mol. The summed E-state index contributed by atoms with van der Waals surface area (Å²) in [6.45, 7) is 17.2. The summed E-state index contributed by atoms with van der Waals surface area (Å²) in [4.78, 5) is 4.95. The minimum absolute atomic E-state index is 0.966. The van der Waals surface area contributed by atoms with Crippen LogP contribution in [0.25, 0.3) is 0 Å². The van der Waals surface area contributed by atoms with Gasteiger partial charge in [0, 0.05) is 38.4 Å². The van der Waals surface area contributed by atoms with Crippen molar-refractivity contribution in [1.29, 1.82) is 0 Å². The van der Waals surface area contributed by atoms with Crippen LogP contribution in [0.4, 0.5) is 5.69 Å². The average Bonchev–Trinajstić information content (AvgIpc) is 2.53. The number of rotatable bonds is 6. The van der Waals surface area contributed by atoms with Crippen molar-refractivity contribution in [2.75, 3.05) is 37.6 Å². The molecule has 0 spiro atoms. The molecule has 0 N–H and O–H groups in total. The highest BCUT2D eigenvalue weighted by Crippen LogP contribution is 2.17. The van der Waals surface area contributed by atoms with E-state index in [1.54, 1.807) is 6.08 Å². The van der Waals surface area contributed by atoms with Crippen molar-refractivity contribution in [3.05, 3.63) is 67.3 Å². The fraction of sp³-hybridized carbons (Fsp3) is 0.333. The molecule has 2 heteroatoms. The molecule has 1 aliphatic rings. The molecule has 0 bridgehead atoms. The van der Waals surface area contributed by atoms with Gasteiger partial charge in [0.05, 0.1) is 0 Å². The summed E-state index contributed by atoms with van der Waals surface area (Å²) in [5, 5.41) is 0. The zero-order valence-electron chi connectivity index (χ0n) is 12.2. The minimum atomic E-state index is 0.966. The van der Waals surface area contributed by atoms with E-state index < -0.39 is 0 Å². The second-order valence-electron chi connectivity index (χ2n) is 5.25. The van der Waals surface area contributed by atoms with E-state index in [4.69, 9.17) is 0 Å². The number of hydrogen-bond donors (Lipinski definition) is 0. The fourth-order valence-electron chi connectivity index (χ4n) is 2.47. The van der Waals surface area contributed by atoms with Crippen molar-refractivity contribution < 1.29 is 0 Å². The third kappa shape index (κ3) is 3.84. The van der Waals surface area contributed by atoms with Crippen molar-refractivity contribution in [2.45, 2.75) is 6.42 Å². The Morgan fingerprint density at radius 3 is 2.30 bits per heavy atom. The highest BCUT2D eigenvalue weighted by Gasteiger charge is 2.16. The summed E-state index contributed by atoms with van der Waals surface area (Å²) in [7, 11) is 0. The van der Waals surface area contributed by atoms with Gasteiger partial charge in [-0.25, -0.2) is 0 Å². The summed E-state index contributed by atoms with van der Waals surface area (Å²) in [5.41, 5.74) is 3.40. The molecule has 1 fully saturated rings. The van der Waals surface area contributed by atoms with Crippen molar-refractivity contribution in [3.63, 3.8) is 0 Å². The maximum absolute atomic E-state index is 4.06. The van der Waals surface area contributed by atoms with Gasteiger partial charge in [0.1, 0.15) is 0 Å². The topological polar surface area (TPSA) is 6.48 Å². The Morgan fingerprint density at radius 1 is 1.05 bits per heavy atom. The Morgan fingerprint density at radius 2 is 1.70 bits per heavy atom. The minimum Gasteiger partial charge on any atom is -0.369 e. The predicted molar refractivity (Wildman–Crippen MR) is 88.2 cm³/mol. The van der Waals surface area contributed by atoms with E-state index in [1.807, 2.05) is 0 Å². The van der Waals surface area contributed by atoms with Crippen molar-refractivity contribution in [2.24, 2.45) is 0 Å². The van der Waals surface area contributed by atoms with Crippen LogP contribution in [0.2, 0.25) is 0 Å². The van der Waals surface area contributed by atoms with Crippen molar-refractivity contribution in [3.8, 4) is 0 Å². The molecular formula is C18H24N2. The maximum Gasteiger partial charge on any atom is 0.0367 e. The van der Waals surface area contributed by atoms with E-state index in [1.165, 1.54) is 5.69 Å². The second-order valence-corrected chi connectivity index (χ2v) is 5.25. The van der Waals surface area contributed by atoms with E-state index >= 15 is 0 Å². The molecule has 1 saturated heterocycles. The Bertz CT molecular complexity index is 467. The molecule has 0 radical (unpaired) electrons. The van der Waals surface area contributed by atoms with E-state index in [-0.39, 0.29) is 0 Å². The quantitative estimate of drug-likeness (QED) is 0.729. The van der Waals surface area contributed by atoms with Crippen LogP contribution < -0.4 is 4.90 Å². The van der Waals surface area contributed by atoms with Crippen molar-refractivity contribution >= 4 is 5.69 Å².